The van der Waals surface area contributed by atoms with Crippen LogP contribution >= 0.6 is 22.9 Å². The van der Waals surface area contributed by atoms with Gasteiger partial charge in [-0.2, -0.15) is 0 Å². The number of halogens is 1. The third-order valence-electron chi connectivity index (χ3n) is 4.19. The largest absolute Gasteiger partial charge is 0.347 e. The molecule has 0 spiro atoms. The molecule has 2 heterocycles. The number of rotatable bonds is 4. The summed E-state index contributed by atoms with van der Waals surface area (Å²) in [5.41, 5.74) is 2.66. The van der Waals surface area contributed by atoms with E-state index in [4.69, 9.17) is 11.6 Å². The molecule has 3 rings (SSSR count). The highest BCUT2D eigenvalue weighted by atomic mass is 35.5. The van der Waals surface area contributed by atoms with Crippen LogP contribution in [0.3, 0.4) is 0 Å². The van der Waals surface area contributed by atoms with Gasteiger partial charge < -0.3 is 10.6 Å². The molecule has 23 heavy (non-hydrogen) atoms. The van der Waals surface area contributed by atoms with E-state index < -0.39 is 0 Å². The van der Waals surface area contributed by atoms with E-state index in [0.29, 0.717) is 23.2 Å². The minimum atomic E-state index is -0.115. The molecule has 6 heteroatoms. The van der Waals surface area contributed by atoms with Crippen LogP contribution in [0.5, 0.6) is 0 Å². The SMILES string of the molecule is Cc1cc(Cl)ccc1CNC(=O)c1csc(C2CCNCC2)n1. The minimum Gasteiger partial charge on any atom is -0.347 e. The number of carbonyl (C=O) groups excluding carboxylic acids is 1. The lowest BCUT2D eigenvalue weighted by molar-refractivity contribution is 0.0946. The Morgan fingerprint density at radius 1 is 1.43 bits per heavy atom. The number of piperidine rings is 1. The Balaban J connectivity index is 1.61. The van der Waals surface area contributed by atoms with E-state index in [1.54, 1.807) is 11.3 Å². The molecule has 1 aliphatic heterocycles. The molecule has 1 aromatic heterocycles. The first-order valence-corrected chi connectivity index (χ1v) is 9.08. The van der Waals surface area contributed by atoms with Gasteiger partial charge in [-0.25, -0.2) is 4.98 Å². The number of aromatic nitrogens is 1. The zero-order valence-corrected chi connectivity index (χ0v) is 14.6. The summed E-state index contributed by atoms with van der Waals surface area (Å²) in [6.45, 7) is 4.54. The molecular weight excluding hydrogens is 330 g/mol. The maximum absolute atomic E-state index is 12.3. The number of nitrogens with zero attached hydrogens (tertiary/aromatic N) is 1. The molecule has 1 aromatic carbocycles. The predicted molar refractivity (Wildman–Crippen MR) is 94.3 cm³/mol. The van der Waals surface area contributed by atoms with E-state index in [-0.39, 0.29) is 5.91 Å². The quantitative estimate of drug-likeness (QED) is 0.888. The Morgan fingerprint density at radius 2 is 2.22 bits per heavy atom. The van der Waals surface area contributed by atoms with Crippen LogP contribution in [-0.4, -0.2) is 24.0 Å². The molecule has 0 saturated carbocycles. The van der Waals surface area contributed by atoms with Gasteiger partial charge in [0.05, 0.1) is 5.01 Å². The molecule has 0 unspecified atom stereocenters. The van der Waals surface area contributed by atoms with E-state index in [1.807, 2.05) is 30.5 Å². The van der Waals surface area contributed by atoms with Crippen molar-refractivity contribution < 1.29 is 4.79 Å². The fraction of sp³-hybridized carbons (Fsp3) is 0.412. The van der Waals surface area contributed by atoms with Crippen molar-refractivity contribution in [2.75, 3.05) is 13.1 Å². The number of amides is 1. The van der Waals surface area contributed by atoms with Gasteiger partial charge in [0.25, 0.3) is 5.91 Å². The van der Waals surface area contributed by atoms with Crippen molar-refractivity contribution >= 4 is 28.8 Å². The average molecular weight is 350 g/mol. The summed E-state index contributed by atoms with van der Waals surface area (Å²) in [6.07, 6.45) is 2.19. The number of hydrogen-bond donors (Lipinski definition) is 2. The molecule has 0 aliphatic carbocycles. The lowest BCUT2D eigenvalue weighted by Crippen LogP contribution is -2.27. The monoisotopic (exact) mass is 349 g/mol. The predicted octanol–water partition coefficient (Wildman–Crippen LogP) is 3.50. The Morgan fingerprint density at radius 3 is 2.96 bits per heavy atom. The lowest BCUT2D eigenvalue weighted by Gasteiger charge is -2.20. The molecule has 0 radical (unpaired) electrons. The Labute approximate surface area is 145 Å². The average Bonchev–Trinajstić information content (AvgIpc) is 3.05. The molecule has 0 bridgehead atoms. The molecule has 0 atom stereocenters. The molecule has 1 aliphatic rings. The van der Waals surface area contributed by atoms with Crippen LogP contribution in [0.15, 0.2) is 23.6 Å². The summed E-state index contributed by atoms with van der Waals surface area (Å²) < 4.78 is 0. The van der Waals surface area contributed by atoms with Gasteiger partial charge in [0.15, 0.2) is 0 Å². The summed E-state index contributed by atoms with van der Waals surface area (Å²) in [6, 6.07) is 5.69. The van der Waals surface area contributed by atoms with Gasteiger partial charge in [0.1, 0.15) is 5.69 Å². The van der Waals surface area contributed by atoms with Crippen LogP contribution in [0, 0.1) is 6.92 Å². The normalized spacial score (nSPS) is 15.6. The Bertz CT molecular complexity index is 695. The number of nitrogens with one attached hydrogen (secondary N) is 2. The van der Waals surface area contributed by atoms with Crippen molar-refractivity contribution in [1.82, 2.24) is 15.6 Å². The van der Waals surface area contributed by atoms with Crippen LogP contribution in [0.1, 0.15) is 45.4 Å². The third-order valence-corrected chi connectivity index (χ3v) is 5.43. The molecule has 2 N–H and O–H groups in total. The molecule has 1 saturated heterocycles. The standard InChI is InChI=1S/C17H20ClN3OS/c1-11-8-14(18)3-2-13(11)9-20-16(22)15-10-23-17(21-15)12-4-6-19-7-5-12/h2-3,8,10,12,19H,4-7,9H2,1H3,(H,20,22). The first-order chi connectivity index (χ1) is 11.1. The zero-order chi connectivity index (χ0) is 16.2. The number of thiazole rings is 1. The molecule has 1 amide bonds. The van der Waals surface area contributed by atoms with Gasteiger partial charge >= 0.3 is 0 Å². The molecule has 122 valence electrons. The fourth-order valence-electron chi connectivity index (χ4n) is 2.77. The van der Waals surface area contributed by atoms with Crippen molar-refractivity contribution in [3.8, 4) is 0 Å². The Hall–Kier alpha value is -1.43. The highest BCUT2D eigenvalue weighted by molar-refractivity contribution is 7.09. The van der Waals surface area contributed by atoms with Crippen molar-refractivity contribution in [2.24, 2.45) is 0 Å². The summed E-state index contributed by atoms with van der Waals surface area (Å²) >= 11 is 7.55. The first kappa shape index (κ1) is 16.4. The third kappa shape index (κ3) is 4.10. The van der Waals surface area contributed by atoms with Crippen molar-refractivity contribution in [2.45, 2.75) is 32.2 Å². The second kappa shape index (κ2) is 7.43. The molecule has 2 aromatic rings. The molecule has 4 nitrogen and oxygen atoms in total. The first-order valence-electron chi connectivity index (χ1n) is 7.83. The second-order valence-electron chi connectivity index (χ2n) is 5.85. The number of aryl methyl sites for hydroxylation is 1. The number of carbonyl (C=O) groups is 1. The zero-order valence-electron chi connectivity index (χ0n) is 13.1. The van der Waals surface area contributed by atoms with Crippen LogP contribution in [-0.2, 0) is 6.54 Å². The van der Waals surface area contributed by atoms with E-state index in [9.17, 15) is 4.79 Å². The van der Waals surface area contributed by atoms with Crippen molar-refractivity contribution in [1.29, 1.82) is 0 Å². The van der Waals surface area contributed by atoms with Gasteiger partial charge in [0, 0.05) is 22.9 Å². The highest BCUT2D eigenvalue weighted by Crippen LogP contribution is 2.27. The van der Waals surface area contributed by atoms with Crippen molar-refractivity contribution in [3.05, 3.63) is 50.4 Å². The minimum absolute atomic E-state index is 0.115. The summed E-state index contributed by atoms with van der Waals surface area (Å²) in [4.78, 5) is 16.8. The van der Waals surface area contributed by atoms with Crippen LogP contribution in [0.2, 0.25) is 5.02 Å². The van der Waals surface area contributed by atoms with Crippen molar-refractivity contribution in [3.63, 3.8) is 0 Å². The van der Waals surface area contributed by atoms with Gasteiger partial charge in [-0.3, -0.25) is 4.79 Å². The number of benzene rings is 1. The summed E-state index contributed by atoms with van der Waals surface area (Å²) in [5, 5.41) is 9.95. The summed E-state index contributed by atoms with van der Waals surface area (Å²) in [7, 11) is 0. The summed E-state index contributed by atoms with van der Waals surface area (Å²) in [5.74, 6) is 0.372. The smallest absolute Gasteiger partial charge is 0.271 e. The van der Waals surface area contributed by atoms with E-state index in [1.165, 1.54) is 0 Å². The van der Waals surface area contributed by atoms with E-state index in [0.717, 1.165) is 42.1 Å². The van der Waals surface area contributed by atoms with Crippen LogP contribution in [0.4, 0.5) is 0 Å². The number of hydrogen-bond acceptors (Lipinski definition) is 4. The van der Waals surface area contributed by atoms with Gasteiger partial charge in [-0.05, 0) is 56.1 Å². The topological polar surface area (TPSA) is 54.0 Å². The fourth-order valence-corrected chi connectivity index (χ4v) is 3.97. The van der Waals surface area contributed by atoms with Crippen LogP contribution in [0.25, 0.3) is 0 Å². The maximum Gasteiger partial charge on any atom is 0.271 e. The lowest BCUT2D eigenvalue weighted by atomic mass is 9.99. The highest BCUT2D eigenvalue weighted by Gasteiger charge is 2.20. The van der Waals surface area contributed by atoms with E-state index >= 15 is 0 Å². The van der Waals surface area contributed by atoms with Crippen LogP contribution < -0.4 is 10.6 Å². The molecule has 1 fully saturated rings. The second-order valence-corrected chi connectivity index (χ2v) is 7.17. The Kier molecular flexibility index (Phi) is 5.30. The van der Waals surface area contributed by atoms with Gasteiger partial charge in [-0.1, -0.05) is 17.7 Å². The van der Waals surface area contributed by atoms with E-state index in [2.05, 4.69) is 15.6 Å². The van der Waals surface area contributed by atoms with Gasteiger partial charge in [-0.15, -0.1) is 11.3 Å². The van der Waals surface area contributed by atoms with Gasteiger partial charge in [0.2, 0.25) is 0 Å². The maximum atomic E-state index is 12.3. The molecular formula is C17H20ClN3OS.